The van der Waals surface area contributed by atoms with Crippen LogP contribution in [0.5, 0.6) is 0 Å². The van der Waals surface area contributed by atoms with Crippen molar-refractivity contribution in [3.63, 3.8) is 0 Å². The standard InChI is InChI=1S/C12H21N3O3/c13-9(6-7-2-1-5-14-11(7)17)10(16)12(18)15-8-3-4-8/h7-10,16H,1-6,13H2,(H,14,17)(H,15,18)/t7-,9?,10?/m0/s1. The number of nitrogens with two attached hydrogens (primary N) is 1. The van der Waals surface area contributed by atoms with Crippen LogP contribution in [-0.4, -0.2) is 41.7 Å². The number of rotatable bonds is 5. The van der Waals surface area contributed by atoms with Gasteiger partial charge in [-0.15, -0.1) is 0 Å². The van der Waals surface area contributed by atoms with Gasteiger partial charge in [-0.2, -0.15) is 0 Å². The molecule has 2 amide bonds. The van der Waals surface area contributed by atoms with Crippen LogP contribution < -0.4 is 16.4 Å². The van der Waals surface area contributed by atoms with Gasteiger partial charge in [0.25, 0.3) is 5.91 Å². The van der Waals surface area contributed by atoms with Crippen molar-refractivity contribution in [1.29, 1.82) is 0 Å². The largest absolute Gasteiger partial charge is 0.382 e. The lowest BCUT2D eigenvalue weighted by molar-refractivity contribution is -0.132. The Balaban J connectivity index is 1.79. The van der Waals surface area contributed by atoms with Crippen LogP contribution in [-0.2, 0) is 9.59 Å². The molecule has 1 saturated heterocycles. The third-order valence-corrected chi connectivity index (χ3v) is 3.55. The molecule has 6 heteroatoms. The van der Waals surface area contributed by atoms with Crippen LogP contribution in [0.2, 0.25) is 0 Å². The minimum atomic E-state index is -1.22. The molecule has 18 heavy (non-hydrogen) atoms. The molecule has 0 aromatic rings. The first-order valence-electron chi connectivity index (χ1n) is 6.59. The van der Waals surface area contributed by atoms with Crippen molar-refractivity contribution in [2.75, 3.05) is 6.54 Å². The molecule has 102 valence electrons. The van der Waals surface area contributed by atoms with Gasteiger partial charge in [0.1, 0.15) is 6.10 Å². The van der Waals surface area contributed by atoms with E-state index in [4.69, 9.17) is 5.73 Å². The summed E-state index contributed by atoms with van der Waals surface area (Å²) in [6.45, 7) is 0.704. The van der Waals surface area contributed by atoms with Crippen LogP contribution in [0.3, 0.4) is 0 Å². The average molecular weight is 255 g/mol. The maximum absolute atomic E-state index is 11.6. The van der Waals surface area contributed by atoms with Gasteiger partial charge in [0.05, 0.1) is 0 Å². The van der Waals surface area contributed by atoms with Crippen molar-refractivity contribution in [3.05, 3.63) is 0 Å². The summed E-state index contributed by atoms with van der Waals surface area (Å²) in [7, 11) is 0. The Bertz CT molecular complexity index is 331. The van der Waals surface area contributed by atoms with E-state index in [-0.39, 0.29) is 17.9 Å². The highest BCUT2D eigenvalue weighted by Crippen LogP contribution is 2.20. The summed E-state index contributed by atoms with van der Waals surface area (Å²) in [5.41, 5.74) is 5.82. The number of carbonyl (C=O) groups excluding carboxylic acids is 2. The highest BCUT2D eigenvalue weighted by Gasteiger charge is 2.32. The zero-order valence-corrected chi connectivity index (χ0v) is 10.4. The molecule has 2 fully saturated rings. The summed E-state index contributed by atoms with van der Waals surface area (Å²) >= 11 is 0. The van der Waals surface area contributed by atoms with Gasteiger partial charge in [-0.05, 0) is 32.1 Å². The Hall–Kier alpha value is -1.14. The second-order valence-electron chi connectivity index (χ2n) is 5.26. The molecule has 0 spiro atoms. The van der Waals surface area contributed by atoms with E-state index >= 15 is 0 Å². The van der Waals surface area contributed by atoms with Crippen LogP contribution in [0, 0.1) is 5.92 Å². The Morgan fingerprint density at radius 3 is 2.83 bits per heavy atom. The third-order valence-electron chi connectivity index (χ3n) is 3.55. The van der Waals surface area contributed by atoms with Crippen molar-refractivity contribution in [1.82, 2.24) is 10.6 Å². The van der Waals surface area contributed by atoms with Gasteiger partial charge in [0.15, 0.2) is 0 Å². The Labute approximate surface area is 106 Å². The minimum Gasteiger partial charge on any atom is -0.382 e. The smallest absolute Gasteiger partial charge is 0.250 e. The number of carbonyl (C=O) groups is 2. The van der Waals surface area contributed by atoms with Crippen LogP contribution in [0.25, 0.3) is 0 Å². The molecule has 0 aromatic heterocycles. The van der Waals surface area contributed by atoms with E-state index in [0.29, 0.717) is 13.0 Å². The van der Waals surface area contributed by atoms with Crippen LogP contribution >= 0.6 is 0 Å². The molecule has 6 nitrogen and oxygen atoms in total. The van der Waals surface area contributed by atoms with Crippen molar-refractivity contribution in [3.8, 4) is 0 Å². The molecule has 5 N–H and O–H groups in total. The van der Waals surface area contributed by atoms with Gasteiger partial charge in [-0.25, -0.2) is 0 Å². The lowest BCUT2D eigenvalue weighted by atomic mass is 9.90. The quantitative estimate of drug-likeness (QED) is 0.499. The van der Waals surface area contributed by atoms with Crippen molar-refractivity contribution >= 4 is 11.8 Å². The molecule has 0 aromatic carbocycles. The molecule has 2 rings (SSSR count). The lowest BCUT2D eigenvalue weighted by Gasteiger charge is -2.26. The normalized spacial score (nSPS) is 27.2. The van der Waals surface area contributed by atoms with E-state index in [1.54, 1.807) is 0 Å². The van der Waals surface area contributed by atoms with Gasteiger partial charge in [0, 0.05) is 24.5 Å². The molecular weight excluding hydrogens is 234 g/mol. The van der Waals surface area contributed by atoms with Crippen LogP contribution in [0.4, 0.5) is 0 Å². The number of aliphatic hydroxyl groups is 1. The van der Waals surface area contributed by atoms with Gasteiger partial charge in [0.2, 0.25) is 5.91 Å². The maximum Gasteiger partial charge on any atom is 0.250 e. The average Bonchev–Trinajstić information content (AvgIpc) is 3.15. The number of hydrogen-bond acceptors (Lipinski definition) is 4. The molecule has 1 saturated carbocycles. The predicted octanol–water partition coefficient (Wildman–Crippen LogP) is -1.13. The molecule has 0 bridgehead atoms. The fourth-order valence-corrected chi connectivity index (χ4v) is 2.23. The molecular formula is C12H21N3O3. The Morgan fingerprint density at radius 2 is 2.22 bits per heavy atom. The Morgan fingerprint density at radius 1 is 1.50 bits per heavy atom. The Kier molecular flexibility index (Phi) is 4.19. The number of nitrogens with one attached hydrogen (secondary N) is 2. The highest BCUT2D eigenvalue weighted by atomic mass is 16.3. The maximum atomic E-state index is 11.6. The first kappa shape index (κ1) is 13.3. The van der Waals surface area contributed by atoms with Gasteiger partial charge >= 0.3 is 0 Å². The number of piperidine rings is 1. The number of aliphatic hydroxyl groups excluding tert-OH is 1. The van der Waals surface area contributed by atoms with E-state index in [0.717, 1.165) is 25.7 Å². The van der Waals surface area contributed by atoms with Crippen molar-refractivity contribution < 1.29 is 14.7 Å². The molecule has 2 unspecified atom stereocenters. The summed E-state index contributed by atoms with van der Waals surface area (Å²) < 4.78 is 0. The monoisotopic (exact) mass is 255 g/mol. The van der Waals surface area contributed by atoms with Crippen LogP contribution in [0.15, 0.2) is 0 Å². The summed E-state index contributed by atoms with van der Waals surface area (Å²) in [4.78, 5) is 23.2. The molecule has 0 radical (unpaired) electrons. The zero-order valence-electron chi connectivity index (χ0n) is 10.4. The van der Waals surface area contributed by atoms with E-state index in [9.17, 15) is 14.7 Å². The fourth-order valence-electron chi connectivity index (χ4n) is 2.23. The van der Waals surface area contributed by atoms with Crippen LogP contribution in [0.1, 0.15) is 32.1 Å². The lowest BCUT2D eigenvalue weighted by Crippen LogP contribution is -2.49. The molecule has 1 aliphatic carbocycles. The topological polar surface area (TPSA) is 104 Å². The zero-order chi connectivity index (χ0) is 13.1. The predicted molar refractivity (Wildman–Crippen MR) is 65.5 cm³/mol. The van der Waals surface area contributed by atoms with Crippen molar-refractivity contribution in [2.24, 2.45) is 11.7 Å². The van der Waals surface area contributed by atoms with Crippen molar-refractivity contribution in [2.45, 2.75) is 50.3 Å². The SMILES string of the molecule is NC(C[C@@H]1CCCNC1=O)C(O)C(=O)NC1CC1. The number of amides is 2. The van der Waals surface area contributed by atoms with E-state index in [2.05, 4.69) is 10.6 Å². The molecule has 2 aliphatic rings. The van der Waals surface area contributed by atoms with E-state index in [1.807, 2.05) is 0 Å². The van der Waals surface area contributed by atoms with Gasteiger partial charge in [-0.1, -0.05) is 0 Å². The first-order chi connectivity index (χ1) is 8.58. The first-order valence-corrected chi connectivity index (χ1v) is 6.59. The molecule has 1 aliphatic heterocycles. The second kappa shape index (κ2) is 5.67. The molecule has 1 heterocycles. The highest BCUT2D eigenvalue weighted by molar-refractivity contribution is 5.82. The summed E-state index contributed by atoms with van der Waals surface area (Å²) in [5, 5.41) is 15.3. The summed E-state index contributed by atoms with van der Waals surface area (Å²) in [6, 6.07) is -0.477. The van der Waals surface area contributed by atoms with E-state index < -0.39 is 18.1 Å². The van der Waals surface area contributed by atoms with Gasteiger partial charge in [-0.3, -0.25) is 9.59 Å². The fraction of sp³-hybridized carbons (Fsp3) is 0.833. The minimum absolute atomic E-state index is 0.0218. The summed E-state index contributed by atoms with van der Waals surface area (Å²) in [6.07, 6.45) is 2.77. The molecule has 3 atom stereocenters. The summed E-state index contributed by atoms with van der Waals surface area (Å²) in [5.74, 6) is -0.621. The van der Waals surface area contributed by atoms with Gasteiger partial charge < -0.3 is 21.5 Å². The number of hydrogen-bond donors (Lipinski definition) is 4. The second-order valence-corrected chi connectivity index (χ2v) is 5.26. The van der Waals surface area contributed by atoms with E-state index in [1.165, 1.54) is 0 Å². The third kappa shape index (κ3) is 3.43.